The molecule has 0 bridgehead atoms. The van der Waals surface area contributed by atoms with Crippen molar-refractivity contribution in [1.82, 2.24) is 14.7 Å². The van der Waals surface area contributed by atoms with Gasteiger partial charge in [-0.2, -0.15) is 0 Å². The molecule has 1 aliphatic carbocycles. The number of amides is 2. The highest BCUT2D eigenvalue weighted by Crippen LogP contribution is 2.49. The molecule has 4 aliphatic rings. The van der Waals surface area contributed by atoms with E-state index in [1.807, 2.05) is 4.90 Å². The van der Waals surface area contributed by atoms with Crippen molar-refractivity contribution in [3.63, 3.8) is 0 Å². The number of hydrogen-bond acceptors (Lipinski definition) is 5. The zero-order valence-electron chi connectivity index (χ0n) is 18.5. The number of hydrogen-bond donors (Lipinski definition) is 0. The van der Waals surface area contributed by atoms with E-state index in [0.29, 0.717) is 37.9 Å². The first-order valence-corrected chi connectivity index (χ1v) is 12.1. The van der Waals surface area contributed by atoms with Crippen LogP contribution in [0.1, 0.15) is 51.4 Å². The van der Waals surface area contributed by atoms with Gasteiger partial charge in [-0.05, 0) is 30.6 Å². The van der Waals surface area contributed by atoms with Crippen molar-refractivity contribution in [3.8, 4) is 0 Å². The van der Waals surface area contributed by atoms with Gasteiger partial charge in [0.15, 0.2) is 0 Å². The molecule has 0 N–H and O–H groups in total. The van der Waals surface area contributed by atoms with Crippen LogP contribution in [-0.2, 0) is 19.1 Å². The lowest BCUT2D eigenvalue weighted by atomic mass is 9.66. The molecule has 3 heterocycles. The normalized spacial score (nSPS) is 27.5. The third-order valence-electron chi connectivity index (χ3n) is 7.83. The lowest BCUT2D eigenvalue weighted by Gasteiger charge is -2.38. The van der Waals surface area contributed by atoms with E-state index >= 15 is 0 Å². The van der Waals surface area contributed by atoms with Crippen molar-refractivity contribution in [2.24, 2.45) is 11.3 Å². The number of rotatable bonds is 6. The molecule has 3 saturated heterocycles. The molecular formula is C23H39N3O4. The molecule has 0 aromatic heterocycles. The Balaban J connectivity index is 1.31. The van der Waals surface area contributed by atoms with Crippen LogP contribution in [0.5, 0.6) is 0 Å². The Labute approximate surface area is 181 Å². The highest BCUT2D eigenvalue weighted by molar-refractivity contribution is 5.77. The summed E-state index contributed by atoms with van der Waals surface area (Å²) in [5.41, 5.74) is 0.248. The van der Waals surface area contributed by atoms with Gasteiger partial charge in [-0.15, -0.1) is 0 Å². The minimum absolute atomic E-state index is 0.248. The fraction of sp³-hybridized carbons (Fsp3) is 0.913. The number of ether oxygens (including phenoxy) is 2. The van der Waals surface area contributed by atoms with Crippen molar-refractivity contribution in [1.29, 1.82) is 0 Å². The molecule has 3 aliphatic heterocycles. The van der Waals surface area contributed by atoms with E-state index < -0.39 is 0 Å². The van der Waals surface area contributed by atoms with Crippen molar-refractivity contribution in [2.45, 2.75) is 51.4 Å². The van der Waals surface area contributed by atoms with Gasteiger partial charge >= 0.3 is 0 Å². The Morgan fingerprint density at radius 3 is 2.13 bits per heavy atom. The van der Waals surface area contributed by atoms with E-state index in [2.05, 4.69) is 9.80 Å². The standard InChI is InChI=1S/C23H39N3O4/c27-21(25-12-16-30-17-13-25)5-4-20-18-26(19-23(20)7-2-1-3-8-23)22(28)6-9-24-10-14-29-15-11-24/h20H,1-19H2. The summed E-state index contributed by atoms with van der Waals surface area (Å²) < 4.78 is 10.8. The smallest absolute Gasteiger partial charge is 0.223 e. The van der Waals surface area contributed by atoms with Gasteiger partial charge in [0, 0.05) is 58.7 Å². The van der Waals surface area contributed by atoms with Crippen molar-refractivity contribution >= 4 is 11.8 Å². The first-order chi connectivity index (χ1) is 14.7. The summed E-state index contributed by atoms with van der Waals surface area (Å²) in [7, 11) is 0. The zero-order valence-corrected chi connectivity index (χ0v) is 18.5. The molecular weight excluding hydrogens is 382 g/mol. The molecule has 1 unspecified atom stereocenters. The third-order valence-corrected chi connectivity index (χ3v) is 7.83. The summed E-state index contributed by atoms with van der Waals surface area (Å²) in [6.45, 7) is 8.78. The van der Waals surface area contributed by atoms with Gasteiger partial charge in [0.1, 0.15) is 0 Å². The van der Waals surface area contributed by atoms with Crippen LogP contribution in [0.3, 0.4) is 0 Å². The fourth-order valence-electron chi connectivity index (χ4n) is 5.95. The first kappa shape index (κ1) is 22.0. The van der Waals surface area contributed by atoms with Gasteiger partial charge in [-0.3, -0.25) is 14.5 Å². The summed E-state index contributed by atoms with van der Waals surface area (Å²) in [6, 6.07) is 0. The first-order valence-electron chi connectivity index (χ1n) is 12.1. The van der Waals surface area contributed by atoms with Crippen molar-refractivity contribution < 1.29 is 19.1 Å². The molecule has 4 fully saturated rings. The van der Waals surface area contributed by atoms with E-state index in [4.69, 9.17) is 9.47 Å². The molecule has 1 spiro atoms. The van der Waals surface area contributed by atoms with Crippen LogP contribution in [0.4, 0.5) is 0 Å². The maximum atomic E-state index is 13.0. The minimum Gasteiger partial charge on any atom is -0.379 e. The molecule has 4 rings (SSSR count). The number of morpholine rings is 2. The molecule has 30 heavy (non-hydrogen) atoms. The predicted octanol–water partition coefficient (Wildman–Crippen LogP) is 1.76. The predicted molar refractivity (Wildman–Crippen MR) is 114 cm³/mol. The number of carbonyl (C=O) groups is 2. The highest BCUT2D eigenvalue weighted by Gasteiger charge is 2.47. The maximum Gasteiger partial charge on any atom is 0.223 e. The third kappa shape index (κ3) is 5.35. The number of nitrogens with zero attached hydrogens (tertiary/aromatic N) is 3. The van der Waals surface area contributed by atoms with Crippen LogP contribution in [0.15, 0.2) is 0 Å². The van der Waals surface area contributed by atoms with E-state index in [1.165, 1.54) is 32.1 Å². The Bertz CT molecular complexity index is 581. The lowest BCUT2D eigenvalue weighted by molar-refractivity contribution is -0.135. The molecule has 0 aromatic carbocycles. The summed E-state index contributed by atoms with van der Waals surface area (Å²) >= 11 is 0. The van der Waals surface area contributed by atoms with E-state index in [9.17, 15) is 9.59 Å². The lowest BCUT2D eigenvalue weighted by Crippen LogP contribution is -2.41. The zero-order chi connectivity index (χ0) is 20.8. The van der Waals surface area contributed by atoms with E-state index in [-0.39, 0.29) is 11.3 Å². The van der Waals surface area contributed by atoms with Crippen LogP contribution < -0.4 is 0 Å². The van der Waals surface area contributed by atoms with Gasteiger partial charge in [-0.1, -0.05) is 19.3 Å². The second-order valence-corrected chi connectivity index (χ2v) is 9.63. The molecule has 0 aromatic rings. The average molecular weight is 422 g/mol. The van der Waals surface area contributed by atoms with Crippen molar-refractivity contribution in [3.05, 3.63) is 0 Å². The molecule has 7 heteroatoms. The number of carbonyl (C=O) groups excluding carboxylic acids is 2. The van der Waals surface area contributed by atoms with Crippen LogP contribution in [0.25, 0.3) is 0 Å². The Kier molecular flexibility index (Phi) is 7.65. The maximum absolute atomic E-state index is 13.0. The Morgan fingerprint density at radius 1 is 0.800 bits per heavy atom. The summed E-state index contributed by atoms with van der Waals surface area (Å²) in [5.74, 6) is 1.03. The van der Waals surface area contributed by atoms with Gasteiger partial charge < -0.3 is 19.3 Å². The number of likely N-dealkylation sites (tertiary alicyclic amines) is 1. The van der Waals surface area contributed by atoms with Crippen molar-refractivity contribution in [2.75, 3.05) is 72.2 Å². The van der Waals surface area contributed by atoms with E-state index in [0.717, 1.165) is 65.4 Å². The van der Waals surface area contributed by atoms with Gasteiger partial charge in [0.05, 0.1) is 26.4 Å². The van der Waals surface area contributed by atoms with E-state index in [1.54, 1.807) is 0 Å². The van der Waals surface area contributed by atoms with Crippen LogP contribution in [-0.4, -0.2) is 98.8 Å². The van der Waals surface area contributed by atoms with Gasteiger partial charge in [0.25, 0.3) is 0 Å². The molecule has 1 atom stereocenters. The van der Waals surface area contributed by atoms with Gasteiger partial charge in [0.2, 0.25) is 11.8 Å². The van der Waals surface area contributed by atoms with Crippen LogP contribution >= 0.6 is 0 Å². The monoisotopic (exact) mass is 421 g/mol. The second-order valence-electron chi connectivity index (χ2n) is 9.63. The topological polar surface area (TPSA) is 62.3 Å². The second kappa shape index (κ2) is 10.4. The summed E-state index contributed by atoms with van der Waals surface area (Å²) in [4.78, 5) is 32.1. The fourth-order valence-corrected chi connectivity index (χ4v) is 5.95. The average Bonchev–Trinajstić information content (AvgIpc) is 3.15. The summed E-state index contributed by atoms with van der Waals surface area (Å²) in [5, 5.41) is 0. The van der Waals surface area contributed by atoms with Crippen LogP contribution in [0, 0.1) is 11.3 Å². The summed E-state index contributed by atoms with van der Waals surface area (Å²) in [6.07, 6.45) is 8.42. The largest absolute Gasteiger partial charge is 0.379 e. The molecule has 7 nitrogen and oxygen atoms in total. The van der Waals surface area contributed by atoms with Gasteiger partial charge in [-0.25, -0.2) is 0 Å². The highest BCUT2D eigenvalue weighted by atomic mass is 16.5. The Morgan fingerprint density at radius 2 is 1.43 bits per heavy atom. The minimum atomic E-state index is 0.248. The molecule has 1 saturated carbocycles. The quantitative estimate of drug-likeness (QED) is 0.654. The molecule has 170 valence electrons. The SMILES string of the molecule is O=C(CCC1CN(C(=O)CCN2CCOCC2)CC12CCCCC2)N1CCOCC1. The molecule has 0 radical (unpaired) electrons. The Hall–Kier alpha value is -1.18. The molecule has 2 amide bonds. The van der Waals surface area contributed by atoms with Crippen LogP contribution in [0.2, 0.25) is 0 Å².